The van der Waals surface area contributed by atoms with Crippen LogP contribution in [0.15, 0.2) is 30.6 Å². The van der Waals surface area contributed by atoms with Gasteiger partial charge >= 0.3 is 0 Å². The highest BCUT2D eigenvalue weighted by Crippen LogP contribution is 2.45. The summed E-state index contributed by atoms with van der Waals surface area (Å²) in [4.78, 5) is 29.2. The number of nitrogens with two attached hydrogens (primary N) is 1. The fraction of sp³-hybridized carbons (Fsp3) is 0.444. The van der Waals surface area contributed by atoms with Gasteiger partial charge < -0.3 is 10.6 Å². The number of carbonyl (C=O) groups is 1. The molecule has 7 heteroatoms. The van der Waals surface area contributed by atoms with Crippen molar-refractivity contribution < 1.29 is 9.72 Å². The van der Waals surface area contributed by atoms with Gasteiger partial charge in [0.1, 0.15) is 6.04 Å². The van der Waals surface area contributed by atoms with Gasteiger partial charge in [-0.25, -0.2) is 0 Å². The summed E-state index contributed by atoms with van der Waals surface area (Å²) in [6, 6.07) is 4.96. The molecule has 1 amide bonds. The van der Waals surface area contributed by atoms with Crippen molar-refractivity contribution in [3.05, 3.63) is 40.7 Å². The largest absolute Gasteiger partial charge is 0.368 e. The third kappa shape index (κ3) is 2.50. The molecule has 0 bridgehead atoms. The fourth-order valence-corrected chi connectivity index (χ4v) is 4.60. The topological polar surface area (TPSA) is 102 Å². The summed E-state index contributed by atoms with van der Waals surface area (Å²) < 4.78 is 0. The molecule has 0 unspecified atom stereocenters. The van der Waals surface area contributed by atoms with Crippen LogP contribution in [0.4, 0.5) is 11.4 Å². The van der Waals surface area contributed by atoms with Crippen LogP contribution in [0.1, 0.15) is 32.1 Å². The summed E-state index contributed by atoms with van der Waals surface area (Å²) in [5, 5.41) is 12.6. The number of non-ortho nitro benzene ring substituents is 1. The van der Waals surface area contributed by atoms with Crippen LogP contribution < -0.4 is 10.6 Å². The SMILES string of the molecule is NC(=O)[C@@H]1C[C@H]2CCCC[C@H]2N1c1ccc([N+](=O)[O-])c2cnccc12. The average Bonchev–Trinajstić information content (AvgIpc) is 3.00. The number of benzene rings is 1. The van der Waals surface area contributed by atoms with E-state index in [1.165, 1.54) is 18.7 Å². The van der Waals surface area contributed by atoms with Crippen molar-refractivity contribution in [3.8, 4) is 0 Å². The quantitative estimate of drug-likeness (QED) is 0.683. The number of nitro groups is 1. The number of primary amides is 1. The molecule has 130 valence electrons. The van der Waals surface area contributed by atoms with E-state index < -0.39 is 4.92 Å². The minimum atomic E-state index is -0.396. The first kappa shape index (κ1) is 15.8. The predicted molar refractivity (Wildman–Crippen MR) is 94.2 cm³/mol. The fourth-order valence-electron chi connectivity index (χ4n) is 4.60. The Morgan fingerprint density at radius 1 is 1.24 bits per heavy atom. The average molecular weight is 340 g/mol. The van der Waals surface area contributed by atoms with E-state index in [2.05, 4.69) is 9.88 Å². The van der Waals surface area contributed by atoms with Crippen molar-refractivity contribution in [2.24, 2.45) is 11.7 Å². The van der Waals surface area contributed by atoms with Crippen LogP contribution in [0.2, 0.25) is 0 Å². The summed E-state index contributed by atoms with van der Waals surface area (Å²) in [7, 11) is 0. The smallest absolute Gasteiger partial charge is 0.278 e. The van der Waals surface area contributed by atoms with E-state index in [1.54, 1.807) is 18.3 Å². The Balaban J connectivity index is 1.89. The molecular weight excluding hydrogens is 320 g/mol. The zero-order valence-corrected chi connectivity index (χ0v) is 13.8. The molecule has 4 rings (SSSR count). The molecule has 25 heavy (non-hydrogen) atoms. The number of hydrogen-bond acceptors (Lipinski definition) is 5. The highest BCUT2D eigenvalue weighted by molar-refractivity contribution is 6.01. The molecule has 1 aliphatic carbocycles. The van der Waals surface area contributed by atoms with Crippen LogP contribution in [-0.4, -0.2) is 27.9 Å². The lowest BCUT2D eigenvalue weighted by Crippen LogP contribution is -2.45. The normalized spacial score (nSPS) is 25.8. The lowest BCUT2D eigenvalue weighted by atomic mass is 9.84. The number of aromatic nitrogens is 1. The number of nitrogens with zero attached hydrogens (tertiary/aromatic N) is 3. The zero-order chi connectivity index (χ0) is 17.6. The molecule has 1 aromatic carbocycles. The maximum absolute atomic E-state index is 12.1. The Morgan fingerprint density at radius 3 is 2.80 bits per heavy atom. The van der Waals surface area contributed by atoms with E-state index in [0.717, 1.165) is 36.8 Å². The van der Waals surface area contributed by atoms with Gasteiger partial charge in [-0.3, -0.25) is 19.9 Å². The van der Waals surface area contributed by atoms with Crippen molar-refractivity contribution in [2.75, 3.05) is 4.90 Å². The Kier molecular flexibility index (Phi) is 3.78. The number of nitro benzene ring substituents is 1. The van der Waals surface area contributed by atoms with Gasteiger partial charge in [-0.15, -0.1) is 0 Å². The minimum Gasteiger partial charge on any atom is -0.368 e. The van der Waals surface area contributed by atoms with Crippen LogP contribution in [0, 0.1) is 16.0 Å². The molecule has 2 aromatic rings. The summed E-state index contributed by atoms with van der Waals surface area (Å²) >= 11 is 0. The van der Waals surface area contributed by atoms with Gasteiger partial charge in [0.2, 0.25) is 5.91 Å². The van der Waals surface area contributed by atoms with E-state index in [4.69, 9.17) is 5.73 Å². The molecule has 7 nitrogen and oxygen atoms in total. The van der Waals surface area contributed by atoms with E-state index in [0.29, 0.717) is 11.3 Å². The second-order valence-corrected chi connectivity index (χ2v) is 6.96. The molecule has 2 N–H and O–H groups in total. The lowest BCUT2D eigenvalue weighted by molar-refractivity contribution is -0.383. The van der Waals surface area contributed by atoms with Crippen LogP contribution >= 0.6 is 0 Å². The summed E-state index contributed by atoms with van der Waals surface area (Å²) in [6.07, 6.45) is 8.37. The number of hydrogen-bond donors (Lipinski definition) is 1. The third-order valence-electron chi connectivity index (χ3n) is 5.66. The van der Waals surface area contributed by atoms with Crippen LogP contribution in [-0.2, 0) is 4.79 Å². The molecule has 2 heterocycles. The first-order valence-electron chi connectivity index (χ1n) is 8.66. The van der Waals surface area contributed by atoms with Gasteiger partial charge in [-0.2, -0.15) is 0 Å². The van der Waals surface area contributed by atoms with Gasteiger partial charge in [0.05, 0.1) is 10.3 Å². The second kappa shape index (κ2) is 5.98. The molecular formula is C18H20N4O3. The second-order valence-electron chi connectivity index (χ2n) is 6.96. The van der Waals surface area contributed by atoms with Crippen molar-refractivity contribution in [1.82, 2.24) is 4.98 Å². The Morgan fingerprint density at radius 2 is 2.04 bits per heavy atom. The van der Waals surface area contributed by atoms with Crippen molar-refractivity contribution in [3.63, 3.8) is 0 Å². The van der Waals surface area contributed by atoms with Crippen molar-refractivity contribution >= 4 is 28.1 Å². The van der Waals surface area contributed by atoms with Crippen LogP contribution in [0.3, 0.4) is 0 Å². The highest BCUT2D eigenvalue weighted by Gasteiger charge is 2.45. The minimum absolute atomic E-state index is 0.0295. The van der Waals surface area contributed by atoms with E-state index in [1.807, 2.05) is 0 Å². The maximum atomic E-state index is 12.1. The van der Waals surface area contributed by atoms with Crippen LogP contribution in [0.5, 0.6) is 0 Å². The first-order valence-corrected chi connectivity index (χ1v) is 8.66. The van der Waals surface area contributed by atoms with Gasteiger partial charge in [0.15, 0.2) is 0 Å². The van der Waals surface area contributed by atoms with E-state index in [9.17, 15) is 14.9 Å². The molecule has 1 saturated heterocycles. The van der Waals surface area contributed by atoms with Gasteiger partial charge in [-0.05, 0) is 37.3 Å². The maximum Gasteiger partial charge on any atom is 0.278 e. The standard InChI is InChI=1S/C18H20N4O3/c19-18(23)17-9-11-3-1-2-4-14(11)21(17)15-5-6-16(22(24)25)13-10-20-8-7-12(13)15/h5-8,10-11,14,17H,1-4,9H2,(H2,19,23)/t11-,14-,17+/m1/s1. The van der Waals surface area contributed by atoms with Gasteiger partial charge in [-0.1, -0.05) is 12.8 Å². The summed E-state index contributed by atoms with van der Waals surface area (Å²) in [5.74, 6) is 0.133. The Hall–Kier alpha value is -2.70. The predicted octanol–water partition coefficient (Wildman–Crippen LogP) is 2.77. The monoisotopic (exact) mass is 340 g/mol. The number of amides is 1. The third-order valence-corrected chi connectivity index (χ3v) is 5.66. The first-order chi connectivity index (χ1) is 12.1. The number of anilines is 1. The number of rotatable bonds is 3. The van der Waals surface area contributed by atoms with E-state index in [-0.39, 0.29) is 23.7 Å². The zero-order valence-electron chi connectivity index (χ0n) is 13.8. The van der Waals surface area contributed by atoms with Crippen molar-refractivity contribution in [2.45, 2.75) is 44.2 Å². The molecule has 3 atom stereocenters. The summed E-state index contributed by atoms with van der Waals surface area (Å²) in [6.45, 7) is 0. The lowest BCUT2D eigenvalue weighted by Gasteiger charge is -2.35. The number of pyridine rings is 1. The molecule has 0 radical (unpaired) electrons. The Labute approximate surface area is 145 Å². The number of carbonyl (C=O) groups excluding carboxylic acids is 1. The highest BCUT2D eigenvalue weighted by atomic mass is 16.6. The molecule has 2 fully saturated rings. The molecule has 1 saturated carbocycles. The van der Waals surface area contributed by atoms with E-state index >= 15 is 0 Å². The van der Waals surface area contributed by atoms with Gasteiger partial charge in [0, 0.05) is 35.6 Å². The Bertz CT molecular complexity index is 853. The summed E-state index contributed by atoms with van der Waals surface area (Å²) in [5.41, 5.74) is 6.58. The van der Waals surface area contributed by atoms with Gasteiger partial charge in [0.25, 0.3) is 5.69 Å². The molecule has 1 aliphatic heterocycles. The van der Waals surface area contributed by atoms with Crippen LogP contribution in [0.25, 0.3) is 10.8 Å². The molecule has 0 spiro atoms. The molecule has 2 aliphatic rings. The molecule has 1 aromatic heterocycles. The van der Waals surface area contributed by atoms with Crippen molar-refractivity contribution in [1.29, 1.82) is 0 Å². The number of fused-ring (bicyclic) bond motifs is 2.